The van der Waals surface area contributed by atoms with Gasteiger partial charge in [-0.1, -0.05) is 20.3 Å². The van der Waals surface area contributed by atoms with E-state index in [1.165, 1.54) is 5.32 Å². The minimum Gasteiger partial charge on any atom is -0.479 e. The average molecular weight is 270 g/mol. The third kappa shape index (κ3) is 3.34. The summed E-state index contributed by atoms with van der Waals surface area (Å²) in [5.74, 6) is -3.66. The SMILES string of the molecule is CC[C@H](C)[C@H](N)C(=O)NC(C)(C(=O)O)C(F)(F)F. The quantitative estimate of drug-likeness (QED) is 0.691. The maximum atomic E-state index is 12.6. The molecular weight excluding hydrogens is 253 g/mol. The normalized spacial score (nSPS) is 18.6. The molecule has 8 heteroatoms. The lowest BCUT2D eigenvalue weighted by Crippen LogP contribution is -2.64. The zero-order valence-corrected chi connectivity index (χ0v) is 10.3. The van der Waals surface area contributed by atoms with Crippen molar-refractivity contribution in [1.82, 2.24) is 5.32 Å². The van der Waals surface area contributed by atoms with Crippen LogP contribution in [-0.4, -0.2) is 34.7 Å². The molecule has 0 bridgehead atoms. The predicted octanol–water partition coefficient (Wildman–Crippen LogP) is 0.882. The first-order valence-corrected chi connectivity index (χ1v) is 5.35. The number of nitrogens with two attached hydrogens (primary N) is 1. The predicted molar refractivity (Wildman–Crippen MR) is 57.7 cm³/mol. The Bertz CT molecular complexity index is 333. The number of nitrogens with one attached hydrogen (secondary N) is 1. The topological polar surface area (TPSA) is 92.4 Å². The van der Waals surface area contributed by atoms with E-state index < -0.39 is 29.6 Å². The van der Waals surface area contributed by atoms with E-state index >= 15 is 0 Å². The van der Waals surface area contributed by atoms with Crippen molar-refractivity contribution >= 4 is 11.9 Å². The van der Waals surface area contributed by atoms with Crippen LogP contribution in [0.25, 0.3) is 0 Å². The van der Waals surface area contributed by atoms with Gasteiger partial charge < -0.3 is 16.2 Å². The van der Waals surface area contributed by atoms with Crippen LogP contribution in [0.3, 0.4) is 0 Å². The molecule has 4 N–H and O–H groups in total. The highest BCUT2D eigenvalue weighted by molar-refractivity contribution is 5.90. The van der Waals surface area contributed by atoms with Crippen LogP contribution >= 0.6 is 0 Å². The van der Waals surface area contributed by atoms with Gasteiger partial charge in [0.15, 0.2) is 0 Å². The summed E-state index contributed by atoms with van der Waals surface area (Å²) in [7, 11) is 0. The fraction of sp³-hybridized carbons (Fsp3) is 0.800. The van der Waals surface area contributed by atoms with Gasteiger partial charge in [0.05, 0.1) is 6.04 Å². The molecule has 5 nitrogen and oxygen atoms in total. The van der Waals surface area contributed by atoms with E-state index in [-0.39, 0.29) is 5.92 Å². The molecule has 1 amide bonds. The molecule has 0 aliphatic rings. The van der Waals surface area contributed by atoms with Crippen LogP contribution in [0, 0.1) is 5.92 Å². The monoisotopic (exact) mass is 270 g/mol. The summed E-state index contributed by atoms with van der Waals surface area (Å²) in [6.45, 7) is 3.70. The van der Waals surface area contributed by atoms with Crippen molar-refractivity contribution < 1.29 is 27.9 Å². The van der Waals surface area contributed by atoms with Gasteiger partial charge >= 0.3 is 12.1 Å². The highest BCUT2D eigenvalue weighted by atomic mass is 19.4. The lowest BCUT2D eigenvalue weighted by Gasteiger charge is -2.30. The number of carboxylic acid groups (broad SMARTS) is 1. The maximum absolute atomic E-state index is 12.6. The van der Waals surface area contributed by atoms with Crippen molar-refractivity contribution in [2.24, 2.45) is 11.7 Å². The standard InChI is InChI=1S/C10H17F3N2O3/c1-4-5(2)6(14)7(16)15-9(3,8(17)18)10(11,12)13/h5-6H,4,14H2,1-3H3,(H,15,16)(H,17,18)/t5-,6-,9?/m0/s1. The van der Waals surface area contributed by atoms with Crippen molar-refractivity contribution in [3.8, 4) is 0 Å². The summed E-state index contributed by atoms with van der Waals surface area (Å²) in [6, 6.07) is -1.18. The van der Waals surface area contributed by atoms with Gasteiger partial charge in [-0.15, -0.1) is 0 Å². The lowest BCUT2D eigenvalue weighted by molar-refractivity contribution is -0.207. The molecule has 0 aliphatic carbocycles. The zero-order chi connectivity index (χ0) is 14.7. The third-order valence-electron chi connectivity index (χ3n) is 2.93. The molecule has 0 radical (unpaired) electrons. The molecule has 0 aromatic carbocycles. The largest absolute Gasteiger partial charge is 0.479 e. The van der Waals surface area contributed by atoms with E-state index in [1.54, 1.807) is 13.8 Å². The van der Waals surface area contributed by atoms with E-state index in [2.05, 4.69) is 0 Å². The molecule has 0 saturated heterocycles. The van der Waals surface area contributed by atoms with E-state index in [4.69, 9.17) is 10.8 Å². The molecule has 18 heavy (non-hydrogen) atoms. The van der Waals surface area contributed by atoms with Crippen LogP contribution in [0.1, 0.15) is 27.2 Å². The van der Waals surface area contributed by atoms with Gasteiger partial charge in [-0.3, -0.25) is 4.79 Å². The lowest BCUT2D eigenvalue weighted by atomic mass is 9.96. The summed E-state index contributed by atoms with van der Waals surface area (Å²) in [5.41, 5.74) is 2.11. The molecule has 0 saturated carbocycles. The van der Waals surface area contributed by atoms with Gasteiger partial charge in [0.2, 0.25) is 11.4 Å². The van der Waals surface area contributed by atoms with Crippen molar-refractivity contribution in [3.05, 3.63) is 0 Å². The van der Waals surface area contributed by atoms with Crippen LogP contribution < -0.4 is 11.1 Å². The Morgan fingerprint density at radius 3 is 2.11 bits per heavy atom. The first kappa shape index (κ1) is 16.7. The Balaban J connectivity index is 5.04. The van der Waals surface area contributed by atoms with Gasteiger partial charge in [-0.2, -0.15) is 13.2 Å². The number of halogens is 3. The molecular formula is C10H17F3N2O3. The van der Waals surface area contributed by atoms with Gasteiger partial charge in [0.25, 0.3) is 0 Å². The number of rotatable bonds is 5. The van der Waals surface area contributed by atoms with Crippen molar-refractivity contribution in [2.75, 3.05) is 0 Å². The molecule has 0 rings (SSSR count). The molecule has 106 valence electrons. The van der Waals surface area contributed by atoms with Crippen LogP contribution in [0.15, 0.2) is 0 Å². The minimum absolute atomic E-state index is 0.351. The number of hydrogen-bond donors (Lipinski definition) is 3. The minimum atomic E-state index is -5.11. The van der Waals surface area contributed by atoms with Gasteiger partial charge in [0.1, 0.15) is 0 Å². The van der Waals surface area contributed by atoms with Crippen LogP contribution in [0.5, 0.6) is 0 Å². The summed E-state index contributed by atoms with van der Waals surface area (Å²) in [4.78, 5) is 22.2. The summed E-state index contributed by atoms with van der Waals surface area (Å²) >= 11 is 0. The highest BCUT2D eigenvalue weighted by Crippen LogP contribution is 2.30. The summed E-state index contributed by atoms with van der Waals surface area (Å²) in [5, 5.41) is 10.1. The molecule has 0 aromatic rings. The number of hydrogen-bond acceptors (Lipinski definition) is 3. The summed E-state index contributed by atoms with van der Waals surface area (Å²) in [6.07, 6.45) is -4.62. The maximum Gasteiger partial charge on any atom is 0.422 e. The van der Waals surface area contributed by atoms with Gasteiger partial charge in [-0.25, -0.2) is 4.79 Å². The number of carboxylic acids is 1. The van der Waals surface area contributed by atoms with Crippen molar-refractivity contribution in [3.63, 3.8) is 0 Å². The van der Waals surface area contributed by atoms with Gasteiger partial charge in [0, 0.05) is 0 Å². The fourth-order valence-corrected chi connectivity index (χ4v) is 1.09. The number of alkyl halides is 3. The Labute approximate surface area is 103 Å². The van der Waals surface area contributed by atoms with Crippen molar-refractivity contribution in [1.29, 1.82) is 0 Å². The molecule has 0 spiro atoms. The Morgan fingerprint density at radius 2 is 1.83 bits per heavy atom. The molecule has 0 aliphatic heterocycles. The van der Waals surface area contributed by atoms with Crippen LogP contribution in [0.2, 0.25) is 0 Å². The second-order valence-corrected chi connectivity index (χ2v) is 4.33. The fourth-order valence-electron chi connectivity index (χ4n) is 1.09. The van der Waals surface area contributed by atoms with Gasteiger partial charge in [-0.05, 0) is 12.8 Å². The highest BCUT2D eigenvalue weighted by Gasteiger charge is 2.58. The second kappa shape index (κ2) is 5.55. The van der Waals surface area contributed by atoms with Crippen molar-refractivity contribution in [2.45, 2.75) is 44.9 Å². The van der Waals surface area contributed by atoms with E-state index in [0.717, 1.165) is 0 Å². The first-order chi connectivity index (χ1) is 7.97. The van der Waals surface area contributed by atoms with E-state index in [9.17, 15) is 22.8 Å². The Morgan fingerprint density at radius 1 is 1.39 bits per heavy atom. The molecule has 0 aromatic heterocycles. The van der Waals surface area contributed by atoms with E-state index in [0.29, 0.717) is 13.3 Å². The number of carbonyl (C=O) groups excluding carboxylic acids is 1. The average Bonchev–Trinajstić information content (AvgIpc) is 2.24. The molecule has 3 atom stereocenters. The third-order valence-corrected chi connectivity index (χ3v) is 2.93. The smallest absolute Gasteiger partial charge is 0.422 e. The van der Waals surface area contributed by atoms with Crippen LogP contribution in [-0.2, 0) is 9.59 Å². The number of amides is 1. The molecule has 1 unspecified atom stereocenters. The Kier molecular flexibility index (Phi) is 5.15. The molecule has 0 heterocycles. The summed E-state index contributed by atoms with van der Waals surface area (Å²) < 4.78 is 37.9. The number of carbonyl (C=O) groups is 2. The number of aliphatic carboxylic acids is 1. The zero-order valence-electron chi connectivity index (χ0n) is 10.3. The second-order valence-electron chi connectivity index (χ2n) is 4.33. The first-order valence-electron chi connectivity index (χ1n) is 5.35. The molecule has 0 fully saturated rings. The Hall–Kier alpha value is -1.31. The van der Waals surface area contributed by atoms with Crippen LogP contribution in [0.4, 0.5) is 13.2 Å². The van der Waals surface area contributed by atoms with E-state index in [1.807, 2.05) is 0 Å².